The summed E-state index contributed by atoms with van der Waals surface area (Å²) in [5.74, 6) is 0.783. The first kappa shape index (κ1) is 11.1. The van der Waals surface area contributed by atoms with Gasteiger partial charge >= 0.3 is 0 Å². The summed E-state index contributed by atoms with van der Waals surface area (Å²) in [5, 5.41) is 9.60. The summed E-state index contributed by atoms with van der Waals surface area (Å²) < 4.78 is 4.84. The molecule has 0 saturated carbocycles. The van der Waals surface area contributed by atoms with Crippen molar-refractivity contribution in [2.45, 2.75) is 19.3 Å². The lowest BCUT2D eigenvalue weighted by Crippen LogP contribution is -2.41. The molecule has 2 rings (SSSR count). The fraction of sp³-hybridized carbons (Fsp3) is 0.700. The van der Waals surface area contributed by atoms with Crippen LogP contribution in [0.4, 0.5) is 0 Å². The maximum atomic E-state index is 11.7. The smallest absolute Gasteiger partial charge is 0.228 e. The lowest BCUT2D eigenvalue weighted by Gasteiger charge is -2.21. The van der Waals surface area contributed by atoms with Crippen LogP contribution in [0, 0.1) is 5.92 Å². The van der Waals surface area contributed by atoms with Gasteiger partial charge in [-0.3, -0.25) is 4.79 Å². The van der Waals surface area contributed by atoms with Crippen LogP contribution in [-0.4, -0.2) is 35.7 Å². The van der Waals surface area contributed by atoms with Gasteiger partial charge in [-0.2, -0.15) is 4.98 Å². The summed E-state index contributed by atoms with van der Waals surface area (Å²) in [6.07, 6.45) is 4.00. The maximum Gasteiger partial charge on any atom is 0.228 e. The van der Waals surface area contributed by atoms with Crippen LogP contribution in [0.25, 0.3) is 0 Å². The monoisotopic (exact) mass is 224 g/mol. The van der Waals surface area contributed by atoms with Gasteiger partial charge in [0.2, 0.25) is 11.8 Å². The average Bonchev–Trinajstić information content (AvgIpc) is 2.83. The zero-order valence-electron chi connectivity index (χ0n) is 9.11. The van der Waals surface area contributed by atoms with Crippen molar-refractivity contribution in [2.24, 2.45) is 5.92 Å². The van der Waals surface area contributed by atoms with Crippen LogP contribution in [0.15, 0.2) is 10.9 Å². The van der Waals surface area contributed by atoms with Gasteiger partial charge in [-0.05, 0) is 19.4 Å². The average molecular weight is 224 g/mol. The molecule has 1 aliphatic heterocycles. The SMILES string of the molecule is O=C(NCCc1ncno1)[C@@H]1CCCNC1. The molecule has 0 unspecified atom stereocenters. The van der Waals surface area contributed by atoms with Crippen LogP contribution >= 0.6 is 0 Å². The van der Waals surface area contributed by atoms with Gasteiger partial charge in [0.15, 0.2) is 6.33 Å². The summed E-state index contributed by atoms with van der Waals surface area (Å²) in [5.41, 5.74) is 0. The number of aromatic nitrogens is 2. The van der Waals surface area contributed by atoms with Crippen molar-refractivity contribution in [3.63, 3.8) is 0 Å². The highest BCUT2D eigenvalue weighted by Crippen LogP contribution is 2.09. The van der Waals surface area contributed by atoms with Crippen LogP contribution in [0.3, 0.4) is 0 Å². The molecule has 2 N–H and O–H groups in total. The third-order valence-electron chi connectivity index (χ3n) is 2.71. The van der Waals surface area contributed by atoms with E-state index in [2.05, 4.69) is 20.8 Å². The first-order valence-electron chi connectivity index (χ1n) is 5.60. The van der Waals surface area contributed by atoms with Crippen LogP contribution in [-0.2, 0) is 11.2 Å². The Labute approximate surface area is 93.8 Å². The van der Waals surface area contributed by atoms with Crippen LogP contribution in [0.5, 0.6) is 0 Å². The lowest BCUT2D eigenvalue weighted by atomic mass is 9.99. The quantitative estimate of drug-likeness (QED) is 0.735. The van der Waals surface area contributed by atoms with Gasteiger partial charge in [-0.25, -0.2) is 0 Å². The largest absolute Gasteiger partial charge is 0.355 e. The molecule has 1 aliphatic rings. The standard InChI is InChI=1S/C10H16N4O2/c15-10(8-2-1-4-11-6-8)12-5-3-9-13-7-14-16-9/h7-8,11H,1-6H2,(H,12,15)/t8-/m1/s1. The second-order valence-electron chi connectivity index (χ2n) is 3.92. The molecule has 1 amide bonds. The Balaban J connectivity index is 1.67. The van der Waals surface area contributed by atoms with E-state index in [1.165, 1.54) is 6.33 Å². The van der Waals surface area contributed by atoms with E-state index in [-0.39, 0.29) is 11.8 Å². The number of piperidine rings is 1. The fourth-order valence-corrected chi connectivity index (χ4v) is 1.82. The van der Waals surface area contributed by atoms with Crippen LogP contribution in [0.1, 0.15) is 18.7 Å². The van der Waals surface area contributed by atoms with E-state index < -0.39 is 0 Å². The third kappa shape index (κ3) is 3.03. The van der Waals surface area contributed by atoms with Crippen molar-refractivity contribution < 1.29 is 9.32 Å². The molecular formula is C10H16N4O2. The molecule has 0 aliphatic carbocycles. The molecule has 1 fully saturated rings. The van der Waals surface area contributed by atoms with Gasteiger partial charge in [0, 0.05) is 19.5 Å². The second kappa shape index (κ2) is 5.60. The summed E-state index contributed by atoms with van der Waals surface area (Å²) in [7, 11) is 0. The van der Waals surface area contributed by atoms with Crippen LogP contribution < -0.4 is 10.6 Å². The first-order valence-corrected chi connectivity index (χ1v) is 5.60. The van der Waals surface area contributed by atoms with E-state index in [0.29, 0.717) is 18.9 Å². The van der Waals surface area contributed by atoms with Gasteiger partial charge in [0.25, 0.3) is 0 Å². The minimum atomic E-state index is 0.108. The van der Waals surface area contributed by atoms with Crippen molar-refractivity contribution in [2.75, 3.05) is 19.6 Å². The molecule has 0 aromatic carbocycles. The number of hydrogen-bond donors (Lipinski definition) is 2. The number of nitrogens with one attached hydrogen (secondary N) is 2. The van der Waals surface area contributed by atoms with Gasteiger partial charge in [-0.1, -0.05) is 5.16 Å². The highest BCUT2D eigenvalue weighted by molar-refractivity contribution is 5.78. The van der Waals surface area contributed by atoms with E-state index in [9.17, 15) is 4.79 Å². The predicted molar refractivity (Wildman–Crippen MR) is 56.6 cm³/mol. The Bertz CT molecular complexity index is 320. The molecule has 1 atom stereocenters. The molecule has 1 aromatic heterocycles. The Hall–Kier alpha value is -1.43. The number of carbonyl (C=O) groups excluding carboxylic acids is 1. The number of carbonyl (C=O) groups is 1. The van der Waals surface area contributed by atoms with E-state index in [1.54, 1.807) is 0 Å². The molecule has 1 saturated heterocycles. The Morgan fingerprint density at radius 2 is 2.62 bits per heavy atom. The Morgan fingerprint density at radius 1 is 1.69 bits per heavy atom. The van der Waals surface area contributed by atoms with Crippen LogP contribution in [0.2, 0.25) is 0 Å². The predicted octanol–water partition coefficient (Wildman–Crippen LogP) is -0.272. The van der Waals surface area contributed by atoms with E-state index in [0.717, 1.165) is 25.9 Å². The Morgan fingerprint density at radius 3 is 3.31 bits per heavy atom. The molecule has 88 valence electrons. The van der Waals surface area contributed by atoms with Crippen molar-refractivity contribution in [3.8, 4) is 0 Å². The molecule has 0 spiro atoms. The molecular weight excluding hydrogens is 208 g/mol. The van der Waals surface area contributed by atoms with Crippen molar-refractivity contribution in [1.82, 2.24) is 20.8 Å². The minimum Gasteiger partial charge on any atom is -0.355 e. The zero-order chi connectivity index (χ0) is 11.2. The van der Waals surface area contributed by atoms with Gasteiger partial charge in [0.1, 0.15) is 0 Å². The molecule has 1 aromatic rings. The normalized spacial score (nSPS) is 20.6. The summed E-state index contributed by atoms with van der Waals surface area (Å²) in [6, 6.07) is 0. The highest BCUT2D eigenvalue weighted by atomic mass is 16.5. The second-order valence-corrected chi connectivity index (χ2v) is 3.92. The first-order chi connectivity index (χ1) is 7.86. The topological polar surface area (TPSA) is 80.1 Å². The van der Waals surface area contributed by atoms with E-state index in [1.807, 2.05) is 0 Å². The van der Waals surface area contributed by atoms with Gasteiger partial charge in [0.05, 0.1) is 5.92 Å². The molecule has 0 radical (unpaired) electrons. The van der Waals surface area contributed by atoms with E-state index in [4.69, 9.17) is 4.52 Å². The summed E-state index contributed by atoms with van der Waals surface area (Å²) >= 11 is 0. The van der Waals surface area contributed by atoms with Gasteiger partial charge < -0.3 is 15.2 Å². The molecule has 16 heavy (non-hydrogen) atoms. The molecule has 6 heteroatoms. The summed E-state index contributed by atoms with van der Waals surface area (Å²) in [6.45, 7) is 2.36. The lowest BCUT2D eigenvalue weighted by molar-refractivity contribution is -0.125. The molecule has 0 bridgehead atoms. The maximum absolute atomic E-state index is 11.7. The zero-order valence-corrected chi connectivity index (χ0v) is 9.11. The molecule has 2 heterocycles. The Kier molecular flexibility index (Phi) is 3.87. The number of hydrogen-bond acceptors (Lipinski definition) is 5. The summed E-state index contributed by atoms with van der Waals surface area (Å²) in [4.78, 5) is 15.6. The minimum absolute atomic E-state index is 0.108. The third-order valence-corrected chi connectivity index (χ3v) is 2.71. The highest BCUT2D eigenvalue weighted by Gasteiger charge is 2.20. The fourth-order valence-electron chi connectivity index (χ4n) is 1.82. The van der Waals surface area contributed by atoms with E-state index >= 15 is 0 Å². The van der Waals surface area contributed by atoms with Crippen molar-refractivity contribution >= 4 is 5.91 Å². The molecule has 6 nitrogen and oxygen atoms in total. The van der Waals surface area contributed by atoms with Crippen molar-refractivity contribution in [3.05, 3.63) is 12.2 Å². The number of rotatable bonds is 4. The van der Waals surface area contributed by atoms with Crippen molar-refractivity contribution in [1.29, 1.82) is 0 Å². The number of amides is 1. The van der Waals surface area contributed by atoms with Gasteiger partial charge in [-0.15, -0.1) is 0 Å². The number of nitrogens with zero attached hydrogens (tertiary/aromatic N) is 2.